The highest BCUT2D eigenvalue weighted by Crippen LogP contribution is 2.48. The molecule has 204 valence electrons. The topological polar surface area (TPSA) is 101 Å². The molecular weight excluding hydrogens is 537 g/mol. The van der Waals surface area contributed by atoms with E-state index in [1.54, 1.807) is 0 Å². The van der Waals surface area contributed by atoms with Crippen molar-refractivity contribution in [1.29, 1.82) is 0 Å². The molecule has 1 N–H and O–H groups in total. The van der Waals surface area contributed by atoms with Gasteiger partial charge in [-0.25, -0.2) is 4.79 Å². The number of thioether (sulfide) groups is 1. The Balaban J connectivity index is 2.17. The minimum Gasteiger partial charge on any atom is -0.468 e. The second-order valence-corrected chi connectivity index (χ2v) is 20.9. The van der Waals surface area contributed by atoms with Crippen LogP contribution in [0.25, 0.3) is 0 Å². The van der Waals surface area contributed by atoms with E-state index >= 15 is 0 Å². The third kappa shape index (κ3) is 5.49. The Morgan fingerprint density at radius 2 is 1.67 bits per heavy atom. The number of nitrogens with zero attached hydrogens (tertiary/aromatic N) is 1. The average molecular weight is 577 g/mol. The number of hydrogen-bond donors (Lipinski definition) is 1. The molecule has 9 nitrogen and oxygen atoms in total. The van der Waals surface area contributed by atoms with Crippen LogP contribution in [0.15, 0.2) is 21.9 Å². The van der Waals surface area contributed by atoms with Crippen LogP contribution in [0.1, 0.15) is 61.6 Å². The van der Waals surface area contributed by atoms with Gasteiger partial charge in [0.25, 0.3) is 5.56 Å². The Labute approximate surface area is 225 Å². The molecule has 3 heterocycles. The summed E-state index contributed by atoms with van der Waals surface area (Å²) in [5, 5.41) is 0. The number of rotatable bonds is 6. The third-order valence-corrected chi connectivity index (χ3v) is 18.4. The van der Waals surface area contributed by atoms with Crippen molar-refractivity contribution in [2.24, 2.45) is 0 Å². The highest BCUT2D eigenvalue weighted by atomic mass is 32.2. The molecule has 0 radical (unpaired) electrons. The van der Waals surface area contributed by atoms with Crippen molar-refractivity contribution in [2.45, 2.75) is 102 Å². The van der Waals surface area contributed by atoms with E-state index in [2.05, 4.69) is 60.4 Å². The molecule has 1 unspecified atom stereocenters. The maximum absolute atomic E-state index is 12.7. The van der Waals surface area contributed by atoms with Crippen LogP contribution < -0.4 is 11.2 Å². The molecule has 0 aliphatic carbocycles. The van der Waals surface area contributed by atoms with Gasteiger partial charge in [-0.15, -0.1) is 0 Å². The number of aromatic amines is 1. The molecule has 36 heavy (non-hydrogen) atoms. The number of nitrogens with one attached hydrogen (secondary N) is 1. The summed E-state index contributed by atoms with van der Waals surface area (Å²) >= 11 is 6.70. The van der Waals surface area contributed by atoms with Gasteiger partial charge in [0.05, 0.1) is 6.61 Å². The molecule has 2 saturated heterocycles. The average Bonchev–Trinajstić information content (AvgIpc) is 3.08. The van der Waals surface area contributed by atoms with Crippen LogP contribution in [-0.4, -0.2) is 62.2 Å². The molecule has 2 aliphatic heterocycles. The van der Waals surface area contributed by atoms with Crippen LogP contribution >= 0.6 is 24.0 Å². The summed E-state index contributed by atoms with van der Waals surface area (Å²) in [6.07, 6.45) is 0.549. The second kappa shape index (κ2) is 11.5. The highest BCUT2D eigenvalue weighted by Gasteiger charge is 2.62. The van der Waals surface area contributed by atoms with E-state index in [1.165, 1.54) is 28.6 Å². The van der Waals surface area contributed by atoms with Crippen LogP contribution in [0.4, 0.5) is 0 Å². The molecule has 4 atom stereocenters. The molecule has 1 aromatic rings. The lowest BCUT2D eigenvalue weighted by Crippen LogP contribution is -2.66. The summed E-state index contributed by atoms with van der Waals surface area (Å²) in [5.74, 6) is 0. The van der Waals surface area contributed by atoms with Gasteiger partial charge in [-0.3, -0.25) is 14.3 Å². The summed E-state index contributed by atoms with van der Waals surface area (Å²) in [4.78, 5) is 26.8. The zero-order valence-corrected chi connectivity index (χ0v) is 26.2. The monoisotopic (exact) mass is 576 g/mol. The molecule has 3 rings (SSSR count). The summed E-state index contributed by atoms with van der Waals surface area (Å²) in [7, 11) is -5.69. The zero-order valence-electron chi connectivity index (χ0n) is 22.6. The fraction of sp³-hybridized carbons (Fsp3) is 0.783. The fourth-order valence-electron chi connectivity index (χ4n) is 5.26. The molecule has 2 aliphatic rings. The third-order valence-electron chi connectivity index (χ3n) is 7.14. The van der Waals surface area contributed by atoms with E-state index < -0.39 is 52.9 Å². The maximum Gasteiger partial charge on any atom is 0.335 e. The Bertz CT molecular complexity index is 1030. The van der Waals surface area contributed by atoms with E-state index in [-0.39, 0.29) is 28.8 Å². The first-order chi connectivity index (χ1) is 16.8. The van der Waals surface area contributed by atoms with Crippen molar-refractivity contribution in [2.75, 3.05) is 12.9 Å². The van der Waals surface area contributed by atoms with Gasteiger partial charge in [-0.2, -0.15) is 0 Å². The maximum atomic E-state index is 12.7. The smallest absolute Gasteiger partial charge is 0.335 e. The molecule has 0 bridgehead atoms. The van der Waals surface area contributed by atoms with Crippen LogP contribution in [0, 0.1) is 0 Å². The van der Waals surface area contributed by atoms with E-state index in [4.69, 9.17) is 34.7 Å². The lowest BCUT2D eigenvalue weighted by molar-refractivity contribution is -0.0591. The van der Waals surface area contributed by atoms with Gasteiger partial charge in [0.15, 0.2) is 12.3 Å². The first kappa shape index (κ1) is 29.7. The first-order valence-corrected chi connectivity index (χ1v) is 18.1. The van der Waals surface area contributed by atoms with Gasteiger partial charge >= 0.3 is 22.8 Å². The summed E-state index contributed by atoms with van der Waals surface area (Å²) in [6, 6.07) is 1.28. The van der Waals surface area contributed by atoms with Gasteiger partial charge in [-0.05, 0) is 40.6 Å². The highest BCUT2D eigenvalue weighted by molar-refractivity contribution is 8.22. The van der Waals surface area contributed by atoms with E-state index in [0.29, 0.717) is 4.38 Å². The molecule has 1 aromatic heterocycles. The van der Waals surface area contributed by atoms with Crippen LogP contribution in [0.3, 0.4) is 0 Å². The van der Waals surface area contributed by atoms with E-state index in [0.717, 1.165) is 0 Å². The molecule has 0 spiro atoms. The summed E-state index contributed by atoms with van der Waals surface area (Å²) in [6.45, 7) is 17.5. The summed E-state index contributed by atoms with van der Waals surface area (Å²) in [5.41, 5.74) is -0.457. The Morgan fingerprint density at radius 3 is 2.17 bits per heavy atom. The quantitative estimate of drug-likeness (QED) is 0.389. The number of hydrogen-bond acceptors (Lipinski definition) is 9. The van der Waals surface area contributed by atoms with E-state index in [1.807, 2.05) is 6.26 Å². The lowest BCUT2D eigenvalue weighted by Gasteiger charge is -2.51. The van der Waals surface area contributed by atoms with Crippen molar-refractivity contribution in [3.8, 4) is 0 Å². The predicted octanol–water partition coefficient (Wildman–Crippen LogP) is 4.42. The predicted molar refractivity (Wildman–Crippen MR) is 150 cm³/mol. The van der Waals surface area contributed by atoms with Gasteiger partial charge in [-0.1, -0.05) is 67.2 Å². The largest absolute Gasteiger partial charge is 0.468 e. The molecular formula is C23H40N2O7S2Si2. The number of fused-ring (bicyclic) bond motifs is 1. The molecule has 0 aromatic carbocycles. The number of ether oxygens (including phenoxy) is 2. The minimum atomic E-state index is -2.94. The van der Waals surface area contributed by atoms with Gasteiger partial charge in [0.1, 0.15) is 12.2 Å². The minimum absolute atomic E-state index is 0.118. The Morgan fingerprint density at radius 1 is 1.08 bits per heavy atom. The molecule has 2 fully saturated rings. The normalized spacial score (nSPS) is 27.8. The number of aromatic nitrogens is 2. The van der Waals surface area contributed by atoms with Crippen molar-refractivity contribution in [3.05, 3.63) is 33.1 Å². The van der Waals surface area contributed by atoms with Gasteiger partial charge < -0.3 is 22.4 Å². The van der Waals surface area contributed by atoms with Crippen LogP contribution in [-0.2, 0) is 22.4 Å². The van der Waals surface area contributed by atoms with Gasteiger partial charge in [0, 0.05) is 12.3 Å². The first-order valence-electron chi connectivity index (χ1n) is 12.5. The van der Waals surface area contributed by atoms with Crippen molar-refractivity contribution >= 4 is 45.5 Å². The fourth-order valence-corrected chi connectivity index (χ4v) is 16.8. The summed E-state index contributed by atoms with van der Waals surface area (Å²) < 4.78 is 35.4. The Hall–Kier alpha value is -0.806. The lowest BCUT2D eigenvalue weighted by atomic mass is 10.1. The van der Waals surface area contributed by atoms with Gasteiger partial charge in [0.2, 0.25) is 4.38 Å². The standard InChI is InChI=1S/C23H40N2O7S2Si2/c1-13(2)35(14(3)4)28-12-17-19(31-36(32-35,15(5)6)16(7)8)20(30-23(33)34-9)21(29-17)25-11-10-18(26)24-22(25)27/h10-11,13-17,19-21H,12H2,1-9H3,(H,24,26,27)/t17-,19+,20?,21-/m1/s1. The zero-order chi connectivity index (χ0) is 27.0. The van der Waals surface area contributed by atoms with Crippen LogP contribution in [0.5, 0.6) is 0 Å². The Kier molecular flexibility index (Phi) is 9.52. The van der Waals surface area contributed by atoms with Crippen molar-refractivity contribution < 1.29 is 22.4 Å². The number of H-pyrrole nitrogens is 1. The number of thiocarbonyl (C=S) groups is 1. The van der Waals surface area contributed by atoms with Crippen molar-refractivity contribution in [1.82, 2.24) is 9.55 Å². The van der Waals surface area contributed by atoms with Crippen molar-refractivity contribution in [3.63, 3.8) is 0 Å². The second-order valence-electron chi connectivity index (χ2n) is 10.7. The molecule has 13 heteroatoms. The SMILES string of the molecule is CSC(=S)OC1[C@H]2O[Si](C(C)C)(C(C)C)O[Si](C(C)C)(C(C)C)OC[C@H]2O[C@H]1n1ccc(=O)[nH]c1=O. The van der Waals surface area contributed by atoms with Crippen LogP contribution in [0.2, 0.25) is 22.2 Å². The molecule has 0 saturated carbocycles. The molecule has 0 amide bonds. The van der Waals surface area contributed by atoms with E-state index in [9.17, 15) is 9.59 Å².